The summed E-state index contributed by atoms with van der Waals surface area (Å²) in [5.74, 6) is 1.85. The average molecular weight is 267 g/mol. The van der Waals surface area contributed by atoms with E-state index in [-0.39, 0.29) is 5.60 Å². The molecule has 1 saturated carbocycles. The second-order valence-electron chi connectivity index (χ2n) is 6.81. The maximum atomic E-state index is 6.13. The zero-order valence-corrected chi connectivity index (χ0v) is 12.3. The van der Waals surface area contributed by atoms with Gasteiger partial charge in [-0.05, 0) is 70.3 Å². The van der Waals surface area contributed by atoms with Gasteiger partial charge in [-0.25, -0.2) is 0 Å². The first-order valence-corrected chi connectivity index (χ1v) is 8.20. The van der Waals surface area contributed by atoms with Crippen molar-refractivity contribution in [2.24, 2.45) is 11.8 Å². The summed E-state index contributed by atoms with van der Waals surface area (Å²) in [5, 5.41) is 3.52. The summed E-state index contributed by atoms with van der Waals surface area (Å²) in [4.78, 5) is 0. The van der Waals surface area contributed by atoms with Crippen LogP contribution in [0.15, 0.2) is 0 Å². The van der Waals surface area contributed by atoms with Crippen molar-refractivity contribution in [3.8, 4) is 0 Å². The lowest BCUT2D eigenvalue weighted by molar-refractivity contribution is -0.147. The summed E-state index contributed by atoms with van der Waals surface area (Å²) < 4.78 is 11.6. The highest BCUT2D eigenvalue weighted by atomic mass is 16.5. The molecule has 0 radical (unpaired) electrons. The van der Waals surface area contributed by atoms with Crippen molar-refractivity contribution in [2.75, 3.05) is 26.9 Å². The van der Waals surface area contributed by atoms with E-state index in [1.807, 2.05) is 0 Å². The van der Waals surface area contributed by atoms with E-state index < -0.39 is 0 Å². The largest absolute Gasteiger partial charge is 0.381 e. The highest BCUT2D eigenvalue weighted by molar-refractivity contribution is 4.91. The molecule has 3 fully saturated rings. The number of rotatable bonds is 5. The highest BCUT2D eigenvalue weighted by Gasteiger charge is 2.39. The first kappa shape index (κ1) is 13.8. The molecule has 1 N–H and O–H groups in total. The Kier molecular flexibility index (Phi) is 4.45. The van der Waals surface area contributed by atoms with Gasteiger partial charge in [-0.2, -0.15) is 0 Å². The number of nitrogens with one attached hydrogen (secondary N) is 1. The Morgan fingerprint density at radius 1 is 1.16 bits per heavy atom. The van der Waals surface area contributed by atoms with Crippen LogP contribution in [0.2, 0.25) is 0 Å². The molecule has 0 aromatic heterocycles. The van der Waals surface area contributed by atoms with E-state index in [0.29, 0.717) is 0 Å². The van der Waals surface area contributed by atoms with E-state index in [2.05, 4.69) is 12.4 Å². The Morgan fingerprint density at radius 2 is 1.95 bits per heavy atom. The molecule has 3 aliphatic rings. The van der Waals surface area contributed by atoms with Crippen LogP contribution in [-0.4, -0.2) is 38.5 Å². The molecule has 110 valence electrons. The summed E-state index contributed by atoms with van der Waals surface area (Å²) in [6.07, 6.45) is 10.4. The van der Waals surface area contributed by atoms with Gasteiger partial charge in [-0.1, -0.05) is 0 Å². The standard InChI is InChI=1S/C16H29NO2/c1-17-15(14-3-4-14)5-2-13-6-9-19-16(12-13)7-10-18-11-8-16/h13-15,17H,2-12H2,1H3. The quantitative estimate of drug-likeness (QED) is 0.831. The lowest BCUT2D eigenvalue weighted by Crippen LogP contribution is -2.44. The van der Waals surface area contributed by atoms with E-state index >= 15 is 0 Å². The fourth-order valence-electron chi connectivity index (χ4n) is 4.00. The second-order valence-corrected chi connectivity index (χ2v) is 6.81. The Hall–Kier alpha value is -0.120. The first-order chi connectivity index (χ1) is 9.31. The predicted molar refractivity (Wildman–Crippen MR) is 76.3 cm³/mol. The van der Waals surface area contributed by atoms with Crippen LogP contribution >= 0.6 is 0 Å². The van der Waals surface area contributed by atoms with Crippen molar-refractivity contribution in [1.82, 2.24) is 5.32 Å². The molecule has 2 atom stereocenters. The van der Waals surface area contributed by atoms with Gasteiger partial charge in [0, 0.05) is 25.9 Å². The third-order valence-corrected chi connectivity index (χ3v) is 5.45. The maximum Gasteiger partial charge on any atom is 0.0729 e. The van der Waals surface area contributed by atoms with Gasteiger partial charge in [-0.3, -0.25) is 0 Å². The molecule has 2 heterocycles. The molecule has 3 rings (SSSR count). The molecule has 2 unspecified atom stereocenters. The minimum absolute atomic E-state index is 0.176. The van der Waals surface area contributed by atoms with Crippen molar-refractivity contribution in [2.45, 2.75) is 63.0 Å². The number of hydrogen-bond acceptors (Lipinski definition) is 3. The van der Waals surface area contributed by atoms with Crippen LogP contribution in [0.3, 0.4) is 0 Å². The van der Waals surface area contributed by atoms with E-state index in [0.717, 1.165) is 50.5 Å². The van der Waals surface area contributed by atoms with Gasteiger partial charge in [0.15, 0.2) is 0 Å². The molecule has 0 amide bonds. The van der Waals surface area contributed by atoms with Gasteiger partial charge in [-0.15, -0.1) is 0 Å². The Labute approximate surface area is 117 Å². The molecule has 2 saturated heterocycles. The van der Waals surface area contributed by atoms with Crippen LogP contribution < -0.4 is 5.32 Å². The van der Waals surface area contributed by atoms with Gasteiger partial charge in [0.05, 0.1) is 5.60 Å². The molecule has 19 heavy (non-hydrogen) atoms. The first-order valence-electron chi connectivity index (χ1n) is 8.20. The predicted octanol–water partition coefficient (Wildman–Crippen LogP) is 2.74. The molecule has 0 aromatic carbocycles. The lowest BCUT2D eigenvalue weighted by Gasteiger charge is -2.43. The lowest BCUT2D eigenvalue weighted by atomic mass is 9.78. The Morgan fingerprint density at radius 3 is 2.63 bits per heavy atom. The van der Waals surface area contributed by atoms with Crippen LogP contribution in [0.25, 0.3) is 0 Å². The van der Waals surface area contributed by atoms with Crippen molar-refractivity contribution < 1.29 is 9.47 Å². The third kappa shape index (κ3) is 3.50. The van der Waals surface area contributed by atoms with Crippen LogP contribution in [0.4, 0.5) is 0 Å². The Balaban J connectivity index is 1.47. The molecule has 1 spiro atoms. The van der Waals surface area contributed by atoms with Crippen LogP contribution in [0, 0.1) is 11.8 Å². The zero-order valence-electron chi connectivity index (χ0n) is 12.3. The van der Waals surface area contributed by atoms with Crippen LogP contribution in [0.1, 0.15) is 51.4 Å². The normalized spacial score (nSPS) is 32.4. The molecule has 3 heteroatoms. The summed E-state index contributed by atoms with van der Waals surface area (Å²) >= 11 is 0. The molecule has 0 aromatic rings. The maximum absolute atomic E-state index is 6.13. The van der Waals surface area contributed by atoms with Gasteiger partial charge < -0.3 is 14.8 Å². The highest BCUT2D eigenvalue weighted by Crippen LogP contribution is 2.40. The monoisotopic (exact) mass is 267 g/mol. The molecule has 0 bridgehead atoms. The van der Waals surface area contributed by atoms with Gasteiger partial charge in [0.2, 0.25) is 0 Å². The minimum atomic E-state index is 0.176. The van der Waals surface area contributed by atoms with Crippen molar-refractivity contribution in [3.05, 3.63) is 0 Å². The zero-order chi connectivity index (χ0) is 13.1. The second kappa shape index (κ2) is 6.11. The Bertz CT molecular complexity index is 279. The van der Waals surface area contributed by atoms with E-state index in [1.165, 1.54) is 38.5 Å². The molecule has 2 aliphatic heterocycles. The van der Waals surface area contributed by atoms with Crippen molar-refractivity contribution in [3.63, 3.8) is 0 Å². The van der Waals surface area contributed by atoms with Gasteiger partial charge >= 0.3 is 0 Å². The van der Waals surface area contributed by atoms with Crippen LogP contribution in [-0.2, 0) is 9.47 Å². The number of hydrogen-bond donors (Lipinski definition) is 1. The molecular weight excluding hydrogens is 238 g/mol. The van der Waals surface area contributed by atoms with Gasteiger partial charge in [0.25, 0.3) is 0 Å². The van der Waals surface area contributed by atoms with Crippen molar-refractivity contribution in [1.29, 1.82) is 0 Å². The molecular formula is C16H29NO2. The summed E-state index contributed by atoms with van der Waals surface area (Å²) in [6.45, 7) is 2.76. The summed E-state index contributed by atoms with van der Waals surface area (Å²) in [7, 11) is 2.13. The summed E-state index contributed by atoms with van der Waals surface area (Å²) in [5.41, 5.74) is 0.176. The minimum Gasteiger partial charge on any atom is -0.381 e. The summed E-state index contributed by atoms with van der Waals surface area (Å²) in [6, 6.07) is 0.772. The van der Waals surface area contributed by atoms with Crippen molar-refractivity contribution >= 4 is 0 Å². The van der Waals surface area contributed by atoms with E-state index in [4.69, 9.17) is 9.47 Å². The van der Waals surface area contributed by atoms with E-state index in [9.17, 15) is 0 Å². The molecule has 3 nitrogen and oxygen atoms in total. The fraction of sp³-hybridized carbons (Fsp3) is 1.00. The molecule has 1 aliphatic carbocycles. The third-order valence-electron chi connectivity index (χ3n) is 5.45. The van der Waals surface area contributed by atoms with Crippen LogP contribution in [0.5, 0.6) is 0 Å². The smallest absolute Gasteiger partial charge is 0.0729 e. The SMILES string of the molecule is CNC(CCC1CCOC2(CCOCC2)C1)C1CC1. The average Bonchev–Trinajstić information content (AvgIpc) is 3.25. The number of ether oxygens (including phenoxy) is 2. The van der Waals surface area contributed by atoms with E-state index in [1.54, 1.807) is 0 Å². The van der Waals surface area contributed by atoms with Gasteiger partial charge in [0.1, 0.15) is 0 Å². The fourth-order valence-corrected chi connectivity index (χ4v) is 4.00. The topological polar surface area (TPSA) is 30.5 Å².